The number of nitrogens with zero attached hydrogens (tertiary/aromatic N) is 1. The third kappa shape index (κ3) is 4.97. The van der Waals surface area contributed by atoms with Crippen molar-refractivity contribution in [2.75, 3.05) is 20.3 Å². The fourth-order valence-corrected chi connectivity index (χ4v) is 1.12. The normalized spacial score (nSPS) is 10.2. The fraction of sp³-hybridized carbons (Fsp3) is 0.231. The van der Waals surface area contributed by atoms with Crippen molar-refractivity contribution in [3.8, 4) is 5.75 Å². The standard InChI is InChI=1S/C13H15NO3/c1-3-13(15)17-9-8-14-10-11-4-6-12(16-2)7-5-11/h3-7,10H,1,8-9H2,2H3. The van der Waals surface area contributed by atoms with E-state index in [2.05, 4.69) is 11.6 Å². The van der Waals surface area contributed by atoms with Crippen LogP contribution in [0.25, 0.3) is 0 Å². The minimum absolute atomic E-state index is 0.261. The van der Waals surface area contributed by atoms with E-state index in [9.17, 15) is 4.79 Å². The lowest BCUT2D eigenvalue weighted by molar-refractivity contribution is -0.137. The largest absolute Gasteiger partial charge is 0.497 e. The first kappa shape index (κ1) is 13.0. The molecule has 1 rings (SSSR count). The van der Waals surface area contributed by atoms with Gasteiger partial charge in [-0.1, -0.05) is 6.58 Å². The summed E-state index contributed by atoms with van der Waals surface area (Å²) in [7, 11) is 1.62. The zero-order valence-corrected chi connectivity index (χ0v) is 9.76. The van der Waals surface area contributed by atoms with Crippen molar-refractivity contribution in [2.24, 2.45) is 4.99 Å². The zero-order valence-electron chi connectivity index (χ0n) is 9.76. The average molecular weight is 233 g/mol. The molecule has 0 bridgehead atoms. The molecule has 0 radical (unpaired) electrons. The summed E-state index contributed by atoms with van der Waals surface area (Å²) in [5.74, 6) is 0.381. The average Bonchev–Trinajstić information content (AvgIpc) is 2.38. The van der Waals surface area contributed by atoms with Gasteiger partial charge in [0.1, 0.15) is 12.4 Å². The van der Waals surface area contributed by atoms with Gasteiger partial charge in [0.25, 0.3) is 0 Å². The second-order valence-electron chi connectivity index (χ2n) is 3.18. The van der Waals surface area contributed by atoms with Crippen molar-refractivity contribution in [1.82, 2.24) is 0 Å². The number of hydrogen-bond acceptors (Lipinski definition) is 4. The smallest absolute Gasteiger partial charge is 0.330 e. The van der Waals surface area contributed by atoms with Crippen LogP contribution in [0.4, 0.5) is 0 Å². The van der Waals surface area contributed by atoms with Crippen molar-refractivity contribution in [3.63, 3.8) is 0 Å². The number of methoxy groups -OCH3 is 1. The summed E-state index contributed by atoms with van der Waals surface area (Å²) >= 11 is 0. The third-order valence-corrected chi connectivity index (χ3v) is 1.99. The molecule has 1 aromatic carbocycles. The molecular weight excluding hydrogens is 218 g/mol. The van der Waals surface area contributed by atoms with Crippen LogP contribution in [0.2, 0.25) is 0 Å². The number of carbonyl (C=O) groups is 1. The van der Waals surface area contributed by atoms with E-state index in [0.29, 0.717) is 6.54 Å². The maximum atomic E-state index is 10.7. The molecule has 0 aromatic heterocycles. The van der Waals surface area contributed by atoms with Crippen LogP contribution in [-0.4, -0.2) is 32.4 Å². The number of hydrogen-bond donors (Lipinski definition) is 0. The molecule has 0 saturated carbocycles. The maximum Gasteiger partial charge on any atom is 0.330 e. The first-order valence-electron chi connectivity index (χ1n) is 5.19. The van der Waals surface area contributed by atoms with E-state index in [4.69, 9.17) is 9.47 Å². The monoisotopic (exact) mass is 233 g/mol. The summed E-state index contributed by atoms with van der Waals surface area (Å²) in [5.41, 5.74) is 0.973. The SMILES string of the molecule is C=CC(=O)OCCN=Cc1ccc(OC)cc1. The van der Waals surface area contributed by atoms with Crippen molar-refractivity contribution in [3.05, 3.63) is 42.5 Å². The van der Waals surface area contributed by atoms with Gasteiger partial charge >= 0.3 is 5.97 Å². The molecule has 17 heavy (non-hydrogen) atoms. The summed E-state index contributed by atoms with van der Waals surface area (Å²) in [6.07, 6.45) is 2.86. The first-order valence-corrected chi connectivity index (χ1v) is 5.19. The van der Waals surface area contributed by atoms with Crippen LogP contribution in [-0.2, 0) is 9.53 Å². The van der Waals surface area contributed by atoms with Crippen LogP contribution in [0.1, 0.15) is 5.56 Å². The molecule has 0 spiro atoms. The van der Waals surface area contributed by atoms with Gasteiger partial charge in [-0.25, -0.2) is 4.79 Å². The van der Waals surface area contributed by atoms with Gasteiger partial charge in [-0.3, -0.25) is 4.99 Å². The Morgan fingerprint density at radius 1 is 1.41 bits per heavy atom. The fourth-order valence-electron chi connectivity index (χ4n) is 1.12. The molecule has 0 unspecified atom stereocenters. The van der Waals surface area contributed by atoms with Gasteiger partial charge < -0.3 is 9.47 Å². The van der Waals surface area contributed by atoms with Gasteiger partial charge in [-0.2, -0.15) is 0 Å². The van der Waals surface area contributed by atoms with Gasteiger partial charge in [0, 0.05) is 12.3 Å². The second-order valence-corrected chi connectivity index (χ2v) is 3.18. The first-order chi connectivity index (χ1) is 8.26. The molecule has 0 atom stereocenters. The second kappa shape index (κ2) is 7.22. The van der Waals surface area contributed by atoms with E-state index in [1.807, 2.05) is 24.3 Å². The number of esters is 1. The Bertz CT molecular complexity index is 396. The van der Waals surface area contributed by atoms with Gasteiger partial charge in [0.05, 0.1) is 13.7 Å². The molecule has 0 heterocycles. The van der Waals surface area contributed by atoms with Gasteiger partial charge in [-0.15, -0.1) is 0 Å². The van der Waals surface area contributed by atoms with Crippen LogP contribution < -0.4 is 4.74 Å². The van der Waals surface area contributed by atoms with E-state index in [0.717, 1.165) is 17.4 Å². The van der Waals surface area contributed by atoms with Crippen LogP contribution in [0.3, 0.4) is 0 Å². The highest BCUT2D eigenvalue weighted by Gasteiger charge is 1.93. The van der Waals surface area contributed by atoms with Crippen molar-refractivity contribution in [2.45, 2.75) is 0 Å². The van der Waals surface area contributed by atoms with Gasteiger partial charge in [0.2, 0.25) is 0 Å². The predicted octanol–water partition coefficient (Wildman–Crippen LogP) is 1.84. The highest BCUT2D eigenvalue weighted by Crippen LogP contribution is 2.09. The quantitative estimate of drug-likeness (QED) is 0.326. The Morgan fingerprint density at radius 3 is 2.71 bits per heavy atom. The zero-order chi connectivity index (χ0) is 12.5. The number of rotatable bonds is 6. The van der Waals surface area contributed by atoms with Crippen LogP contribution in [0.15, 0.2) is 41.9 Å². The lowest BCUT2D eigenvalue weighted by Gasteiger charge is -1.99. The summed E-state index contributed by atoms with van der Waals surface area (Å²) in [5, 5.41) is 0. The Kier molecular flexibility index (Phi) is 5.51. The Hall–Kier alpha value is -2.10. The molecule has 0 fully saturated rings. The lowest BCUT2D eigenvalue weighted by atomic mass is 10.2. The molecule has 4 heteroatoms. The van der Waals surface area contributed by atoms with Crippen LogP contribution >= 0.6 is 0 Å². The number of carbonyl (C=O) groups excluding carboxylic acids is 1. The minimum atomic E-state index is -0.426. The maximum absolute atomic E-state index is 10.7. The highest BCUT2D eigenvalue weighted by molar-refractivity contribution is 5.81. The highest BCUT2D eigenvalue weighted by atomic mass is 16.5. The minimum Gasteiger partial charge on any atom is -0.497 e. The van der Waals surface area contributed by atoms with E-state index < -0.39 is 5.97 Å². The van der Waals surface area contributed by atoms with E-state index in [1.165, 1.54) is 0 Å². The van der Waals surface area contributed by atoms with Crippen molar-refractivity contribution < 1.29 is 14.3 Å². The van der Waals surface area contributed by atoms with E-state index in [1.54, 1.807) is 13.3 Å². The molecule has 0 amide bonds. The Morgan fingerprint density at radius 2 is 2.12 bits per heavy atom. The predicted molar refractivity (Wildman–Crippen MR) is 66.6 cm³/mol. The molecule has 0 aliphatic heterocycles. The van der Waals surface area contributed by atoms with Crippen LogP contribution in [0.5, 0.6) is 5.75 Å². The molecule has 0 aliphatic carbocycles. The molecule has 4 nitrogen and oxygen atoms in total. The van der Waals surface area contributed by atoms with Crippen molar-refractivity contribution in [1.29, 1.82) is 0 Å². The van der Waals surface area contributed by atoms with Crippen molar-refractivity contribution >= 4 is 12.2 Å². The van der Waals surface area contributed by atoms with Gasteiger partial charge in [0.15, 0.2) is 0 Å². The topological polar surface area (TPSA) is 47.9 Å². The summed E-state index contributed by atoms with van der Waals surface area (Å²) in [6, 6.07) is 7.52. The van der Waals surface area contributed by atoms with E-state index >= 15 is 0 Å². The molecule has 90 valence electrons. The Balaban J connectivity index is 2.32. The van der Waals surface area contributed by atoms with E-state index in [-0.39, 0.29) is 6.61 Å². The molecule has 1 aromatic rings. The summed E-state index contributed by atoms with van der Waals surface area (Å²) < 4.78 is 9.81. The molecule has 0 N–H and O–H groups in total. The summed E-state index contributed by atoms with van der Waals surface area (Å²) in [4.78, 5) is 14.8. The Labute approximate surface area is 101 Å². The number of aliphatic imine (C=N–C) groups is 1. The molecule has 0 aliphatic rings. The molecule has 0 saturated heterocycles. The molecular formula is C13H15NO3. The summed E-state index contributed by atoms with van der Waals surface area (Å²) in [6.45, 7) is 4.00. The number of benzene rings is 1. The number of ether oxygens (including phenoxy) is 2. The third-order valence-electron chi connectivity index (χ3n) is 1.99. The van der Waals surface area contributed by atoms with Crippen LogP contribution in [0, 0.1) is 0 Å². The lowest BCUT2D eigenvalue weighted by Crippen LogP contribution is -2.04. The van der Waals surface area contributed by atoms with Gasteiger partial charge in [-0.05, 0) is 29.8 Å².